The molecule has 1 amide bonds. The fraction of sp³-hybridized carbons (Fsp3) is 0.355. The second-order valence-corrected chi connectivity index (χ2v) is 11.0. The van der Waals surface area contributed by atoms with Gasteiger partial charge in [-0.2, -0.15) is 5.26 Å². The van der Waals surface area contributed by atoms with Crippen molar-refractivity contribution in [3.8, 4) is 6.07 Å². The number of likely N-dealkylation sites (tertiary alicyclic amines) is 1. The van der Waals surface area contributed by atoms with Crippen LogP contribution in [0.4, 0.5) is 5.69 Å². The van der Waals surface area contributed by atoms with Crippen LogP contribution >= 0.6 is 11.3 Å². The third kappa shape index (κ3) is 6.76. The SMILES string of the molecule is CCn1c(=C(C#N)C2=N[C@H](c3ccccc3)CO2)sc(=CNc2cccc(C(=O)NCCCN3CCCC3)c2)c1=O. The maximum Gasteiger partial charge on any atom is 0.270 e. The lowest BCUT2D eigenvalue weighted by molar-refractivity contribution is 0.0952. The number of nitrogens with one attached hydrogen (secondary N) is 2. The maximum atomic E-state index is 13.2. The van der Waals surface area contributed by atoms with E-state index in [2.05, 4.69) is 26.6 Å². The average Bonchev–Trinajstić information content (AvgIpc) is 3.77. The lowest BCUT2D eigenvalue weighted by Crippen LogP contribution is -2.32. The lowest BCUT2D eigenvalue weighted by atomic mass is 10.1. The number of carbonyl (C=O) groups is 1. The molecule has 1 fully saturated rings. The number of nitrogens with zero attached hydrogens (tertiary/aromatic N) is 4. The number of nitriles is 1. The van der Waals surface area contributed by atoms with Crippen LogP contribution in [0.3, 0.4) is 0 Å². The Hall–Kier alpha value is -4.20. The summed E-state index contributed by atoms with van der Waals surface area (Å²) < 4.78 is 8.31. The molecular weight excluding hydrogens is 536 g/mol. The topological polar surface area (TPSA) is 112 Å². The van der Waals surface area contributed by atoms with Crippen LogP contribution < -0.4 is 25.4 Å². The lowest BCUT2D eigenvalue weighted by Gasteiger charge is -2.14. The zero-order chi connectivity index (χ0) is 28.6. The molecule has 1 aromatic heterocycles. The molecule has 0 radical (unpaired) electrons. The van der Waals surface area contributed by atoms with Crippen molar-refractivity contribution in [1.29, 1.82) is 5.26 Å². The number of hydrogen-bond donors (Lipinski definition) is 2. The Kier molecular flexibility index (Phi) is 9.29. The number of benzene rings is 2. The molecule has 0 bridgehead atoms. The number of ether oxygens (including phenoxy) is 1. The number of aromatic nitrogens is 1. The Balaban J connectivity index is 1.32. The predicted molar refractivity (Wildman–Crippen MR) is 162 cm³/mol. The second kappa shape index (κ2) is 13.4. The summed E-state index contributed by atoms with van der Waals surface area (Å²) in [4.78, 5) is 33.0. The van der Waals surface area contributed by atoms with Crippen LogP contribution in [0.25, 0.3) is 11.8 Å². The minimum absolute atomic E-state index is 0.124. The molecule has 2 N–H and O–H groups in total. The van der Waals surface area contributed by atoms with Crippen molar-refractivity contribution < 1.29 is 9.53 Å². The van der Waals surface area contributed by atoms with E-state index in [0.717, 1.165) is 31.6 Å². The predicted octanol–water partition coefficient (Wildman–Crippen LogP) is 2.84. The van der Waals surface area contributed by atoms with Crippen LogP contribution in [0.1, 0.15) is 48.1 Å². The van der Waals surface area contributed by atoms with E-state index in [4.69, 9.17) is 4.74 Å². The summed E-state index contributed by atoms with van der Waals surface area (Å²) in [5, 5.41) is 16.2. The third-order valence-corrected chi connectivity index (χ3v) is 8.36. The number of rotatable bonds is 10. The fourth-order valence-corrected chi connectivity index (χ4v) is 6.13. The monoisotopic (exact) mass is 570 g/mol. The minimum Gasteiger partial charge on any atom is -0.474 e. The van der Waals surface area contributed by atoms with Crippen molar-refractivity contribution in [2.75, 3.05) is 38.1 Å². The average molecular weight is 571 g/mol. The Morgan fingerprint density at radius 1 is 1.20 bits per heavy atom. The highest BCUT2D eigenvalue weighted by Gasteiger charge is 2.25. The van der Waals surface area contributed by atoms with E-state index in [0.29, 0.717) is 40.1 Å². The van der Waals surface area contributed by atoms with Crippen LogP contribution in [-0.4, -0.2) is 54.1 Å². The Bertz CT molecular complexity index is 1630. The van der Waals surface area contributed by atoms with E-state index in [1.807, 2.05) is 43.3 Å². The molecule has 41 heavy (non-hydrogen) atoms. The zero-order valence-corrected chi connectivity index (χ0v) is 24.0. The van der Waals surface area contributed by atoms with Crippen LogP contribution in [-0.2, 0) is 11.3 Å². The largest absolute Gasteiger partial charge is 0.474 e. The molecule has 5 rings (SSSR count). The molecule has 10 heteroatoms. The van der Waals surface area contributed by atoms with Gasteiger partial charge in [-0.15, -0.1) is 11.3 Å². The maximum absolute atomic E-state index is 13.2. The number of anilines is 1. The summed E-state index contributed by atoms with van der Waals surface area (Å²) in [7, 11) is 0. The van der Waals surface area contributed by atoms with Gasteiger partial charge in [0.15, 0.2) is 0 Å². The Morgan fingerprint density at radius 3 is 2.76 bits per heavy atom. The number of aliphatic imine (C=N–C) groups is 1. The molecule has 9 nitrogen and oxygen atoms in total. The molecular formula is C31H34N6O3S. The molecule has 212 valence electrons. The van der Waals surface area contributed by atoms with E-state index in [1.54, 1.807) is 29.0 Å². The van der Waals surface area contributed by atoms with Crippen molar-refractivity contribution in [3.63, 3.8) is 0 Å². The number of amides is 1. The first-order valence-electron chi connectivity index (χ1n) is 14.0. The van der Waals surface area contributed by atoms with E-state index >= 15 is 0 Å². The molecule has 1 saturated heterocycles. The molecule has 0 spiro atoms. The van der Waals surface area contributed by atoms with E-state index in [-0.39, 0.29) is 29.0 Å². The molecule has 3 heterocycles. The first-order chi connectivity index (χ1) is 20.1. The van der Waals surface area contributed by atoms with Gasteiger partial charge in [-0.1, -0.05) is 36.4 Å². The fourth-order valence-electron chi connectivity index (χ4n) is 5.05. The second-order valence-electron chi connectivity index (χ2n) is 10.0. The van der Waals surface area contributed by atoms with Crippen LogP contribution in [0.15, 0.2) is 64.4 Å². The summed E-state index contributed by atoms with van der Waals surface area (Å²) in [6.45, 7) is 6.54. The first kappa shape index (κ1) is 28.3. The van der Waals surface area contributed by atoms with Crippen molar-refractivity contribution in [2.24, 2.45) is 4.99 Å². The van der Waals surface area contributed by atoms with E-state index < -0.39 is 0 Å². The van der Waals surface area contributed by atoms with Gasteiger partial charge in [-0.05, 0) is 69.6 Å². The normalized spacial score (nSPS) is 18.0. The van der Waals surface area contributed by atoms with Gasteiger partial charge in [-0.25, -0.2) is 4.99 Å². The summed E-state index contributed by atoms with van der Waals surface area (Å²) in [5.41, 5.74) is 2.28. The molecule has 2 aromatic carbocycles. The molecule has 2 aliphatic heterocycles. The molecule has 0 aliphatic carbocycles. The molecule has 1 atom stereocenters. The van der Waals surface area contributed by atoms with Gasteiger partial charge in [0, 0.05) is 30.5 Å². The standard InChI is InChI=1S/C31H34N6O3S/c1-2-37-30(39)27(41-31(37)25(19-32)29-35-26(21-40-29)22-10-4-3-5-11-22)20-34-24-13-8-12-23(18-24)28(38)33-14-9-17-36-15-6-7-16-36/h3-5,8,10-13,18,20,26,34H,2,6-7,9,14-17,21H2,1H3,(H,33,38)/t26-/m0/s1. The van der Waals surface area contributed by atoms with Gasteiger partial charge in [0.2, 0.25) is 5.90 Å². The Morgan fingerprint density at radius 2 is 2.00 bits per heavy atom. The van der Waals surface area contributed by atoms with E-state index in [1.165, 1.54) is 24.2 Å². The van der Waals surface area contributed by atoms with Crippen LogP contribution in [0.2, 0.25) is 0 Å². The zero-order valence-electron chi connectivity index (χ0n) is 23.1. The number of hydrogen-bond acceptors (Lipinski definition) is 8. The minimum atomic E-state index is -0.210. The summed E-state index contributed by atoms with van der Waals surface area (Å²) in [5.74, 6) is 0.129. The van der Waals surface area contributed by atoms with Crippen LogP contribution in [0, 0.1) is 11.3 Å². The summed E-state index contributed by atoms with van der Waals surface area (Å²) in [6, 6.07) is 19.0. The Labute approximate surface area is 243 Å². The van der Waals surface area contributed by atoms with Gasteiger partial charge in [-0.3, -0.25) is 14.2 Å². The van der Waals surface area contributed by atoms with Gasteiger partial charge in [0.1, 0.15) is 33.5 Å². The van der Waals surface area contributed by atoms with E-state index in [9.17, 15) is 14.9 Å². The molecule has 0 unspecified atom stereocenters. The molecule has 3 aromatic rings. The highest BCUT2D eigenvalue weighted by atomic mass is 32.1. The smallest absolute Gasteiger partial charge is 0.270 e. The molecule has 2 aliphatic rings. The van der Waals surface area contributed by atoms with Crippen molar-refractivity contribution in [2.45, 2.75) is 38.8 Å². The quantitative estimate of drug-likeness (QED) is 0.363. The van der Waals surface area contributed by atoms with Crippen molar-refractivity contribution in [1.82, 2.24) is 14.8 Å². The number of carbonyl (C=O) groups excluding carboxylic acids is 1. The van der Waals surface area contributed by atoms with Gasteiger partial charge >= 0.3 is 0 Å². The van der Waals surface area contributed by atoms with Gasteiger partial charge in [0.25, 0.3) is 11.5 Å². The van der Waals surface area contributed by atoms with Crippen LogP contribution in [0.5, 0.6) is 0 Å². The molecule has 0 saturated carbocycles. The first-order valence-corrected chi connectivity index (χ1v) is 14.9. The van der Waals surface area contributed by atoms with Gasteiger partial charge in [0.05, 0.1) is 0 Å². The highest BCUT2D eigenvalue weighted by Crippen LogP contribution is 2.24. The summed E-state index contributed by atoms with van der Waals surface area (Å²) >= 11 is 1.21. The highest BCUT2D eigenvalue weighted by molar-refractivity contribution is 7.07. The van der Waals surface area contributed by atoms with Gasteiger partial charge < -0.3 is 20.3 Å². The third-order valence-electron chi connectivity index (χ3n) is 7.23. The van der Waals surface area contributed by atoms with Crippen molar-refractivity contribution >= 4 is 40.6 Å². The number of thiazole rings is 1. The summed E-state index contributed by atoms with van der Waals surface area (Å²) in [6.07, 6.45) is 5.07. The van der Waals surface area contributed by atoms with Crippen molar-refractivity contribution in [3.05, 3.63) is 85.3 Å².